The Morgan fingerprint density at radius 1 is 1.35 bits per heavy atom. The molecule has 0 aliphatic heterocycles. The number of carbonyl (C=O) groups is 3. The molecule has 5 nitrogen and oxygen atoms in total. The van der Waals surface area contributed by atoms with E-state index < -0.39 is 23.1 Å². The van der Waals surface area contributed by atoms with Gasteiger partial charge in [-0.05, 0) is 26.8 Å². The van der Waals surface area contributed by atoms with Crippen LogP contribution >= 0.6 is 0 Å². The molecule has 92 valence electrons. The molecule has 1 unspecified atom stereocenters. The summed E-state index contributed by atoms with van der Waals surface area (Å²) < 4.78 is 4.93. The zero-order valence-electron chi connectivity index (χ0n) is 10.2. The second-order valence-electron chi connectivity index (χ2n) is 4.12. The van der Waals surface area contributed by atoms with Gasteiger partial charge in [-0.3, -0.25) is 14.4 Å². The highest BCUT2D eigenvalue weighted by molar-refractivity contribution is 6.10. The zero-order chi connectivity index (χ0) is 13.4. The van der Waals surface area contributed by atoms with E-state index in [0.717, 1.165) is 0 Å². The predicted octanol–water partition coefficient (Wildman–Crippen LogP) is 1.24. The van der Waals surface area contributed by atoms with Crippen LogP contribution in [0.4, 0.5) is 0 Å². The number of aliphatic hydroxyl groups is 1. The summed E-state index contributed by atoms with van der Waals surface area (Å²) in [5, 5.41) is 9.67. The topological polar surface area (TPSA) is 80.7 Å². The smallest absolute Gasteiger partial charge is 0.303 e. The lowest BCUT2D eigenvalue weighted by Crippen LogP contribution is -2.42. The molecule has 0 bridgehead atoms. The summed E-state index contributed by atoms with van der Waals surface area (Å²) in [6.07, 6.45) is 1.18. The number of aliphatic hydroxyl groups excluding tert-OH is 1. The molecule has 0 heterocycles. The van der Waals surface area contributed by atoms with Crippen LogP contribution in [0.3, 0.4) is 0 Å². The molecule has 1 aliphatic carbocycles. The van der Waals surface area contributed by atoms with Crippen molar-refractivity contribution >= 4 is 17.5 Å². The maximum Gasteiger partial charge on any atom is 0.303 e. The molecule has 0 fully saturated rings. The highest BCUT2D eigenvalue weighted by atomic mass is 16.6. The predicted molar refractivity (Wildman–Crippen MR) is 59.3 cm³/mol. The summed E-state index contributed by atoms with van der Waals surface area (Å²) in [6.45, 7) is 5.21. The highest BCUT2D eigenvalue weighted by Crippen LogP contribution is 2.30. The van der Waals surface area contributed by atoms with Crippen molar-refractivity contribution in [3.05, 3.63) is 23.0 Å². The standard InChI is InChI=1S/C12H14O5/c1-6-10(15)9(7(2)13)5-12(4,11(6)16)17-8(3)14/h5,15H,1-4H3. The van der Waals surface area contributed by atoms with Crippen LogP contribution in [-0.2, 0) is 19.1 Å². The first kappa shape index (κ1) is 13.2. The summed E-state index contributed by atoms with van der Waals surface area (Å²) in [5.74, 6) is -1.91. The minimum atomic E-state index is -1.52. The van der Waals surface area contributed by atoms with Crippen molar-refractivity contribution in [2.75, 3.05) is 0 Å². The van der Waals surface area contributed by atoms with Gasteiger partial charge in [0.2, 0.25) is 5.78 Å². The van der Waals surface area contributed by atoms with Crippen molar-refractivity contribution < 1.29 is 24.2 Å². The lowest BCUT2D eigenvalue weighted by Gasteiger charge is -2.29. The average Bonchev–Trinajstić information content (AvgIpc) is 2.19. The molecule has 0 spiro atoms. The second-order valence-corrected chi connectivity index (χ2v) is 4.12. The quantitative estimate of drug-likeness (QED) is 0.732. The third-order valence-electron chi connectivity index (χ3n) is 2.56. The van der Waals surface area contributed by atoms with E-state index in [1.54, 1.807) is 0 Å². The van der Waals surface area contributed by atoms with E-state index >= 15 is 0 Å². The molecule has 0 aromatic rings. The summed E-state index contributed by atoms with van der Waals surface area (Å²) in [4.78, 5) is 34.2. The van der Waals surface area contributed by atoms with Crippen molar-refractivity contribution in [1.82, 2.24) is 0 Å². The molecule has 0 amide bonds. The second kappa shape index (κ2) is 4.16. The van der Waals surface area contributed by atoms with Gasteiger partial charge in [0.05, 0.1) is 5.57 Å². The number of hydrogen-bond donors (Lipinski definition) is 1. The van der Waals surface area contributed by atoms with Crippen LogP contribution in [0.1, 0.15) is 27.7 Å². The Hall–Kier alpha value is -1.91. The molecule has 0 saturated heterocycles. The van der Waals surface area contributed by atoms with E-state index in [1.165, 1.54) is 33.8 Å². The number of ether oxygens (including phenoxy) is 1. The Labute approximate surface area is 98.8 Å². The maximum absolute atomic E-state index is 11.9. The monoisotopic (exact) mass is 238 g/mol. The Balaban J connectivity index is 3.33. The highest BCUT2D eigenvalue weighted by Gasteiger charge is 2.41. The largest absolute Gasteiger partial charge is 0.507 e. The van der Waals surface area contributed by atoms with Crippen LogP contribution in [-0.4, -0.2) is 28.2 Å². The number of Topliss-reactive ketones (excluding diaryl/α,β-unsaturated/α-hetero) is 2. The summed E-state index contributed by atoms with van der Waals surface area (Å²) >= 11 is 0. The molecule has 1 rings (SSSR count). The van der Waals surface area contributed by atoms with Crippen LogP contribution < -0.4 is 0 Å². The van der Waals surface area contributed by atoms with Crippen molar-refractivity contribution in [3.63, 3.8) is 0 Å². The fraction of sp³-hybridized carbons (Fsp3) is 0.417. The Morgan fingerprint density at radius 3 is 2.29 bits per heavy atom. The van der Waals surface area contributed by atoms with Gasteiger partial charge >= 0.3 is 5.97 Å². The third kappa shape index (κ3) is 2.27. The molecular weight excluding hydrogens is 224 g/mol. The van der Waals surface area contributed by atoms with Gasteiger partial charge < -0.3 is 9.84 Å². The Morgan fingerprint density at radius 2 is 1.88 bits per heavy atom. The van der Waals surface area contributed by atoms with Gasteiger partial charge in [0.1, 0.15) is 5.76 Å². The van der Waals surface area contributed by atoms with Gasteiger partial charge in [-0.2, -0.15) is 0 Å². The van der Waals surface area contributed by atoms with Gasteiger partial charge in [0.25, 0.3) is 0 Å². The first-order valence-electron chi connectivity index (χ1n) is 5.07. The third-order valence-corrected chi connectivity index (χ3v) is 2.56. The molecule has 0 radical (unpaired) electrons. The van der Waals surface area contributed by atoms with E-state index in [2.05, 4.69) is 0 Å². The van der Waals surface area contributed by atoms with Crippen molar-refractivity contribution in [3.8, 4) is 0 Å². The number of allylic oxidation sites excluding steroid dienone is 1. The minimum Gasteiger partial charge on any atom is -0.507 e. The van der Waals surface area contributed by atoms with Crippen molar-refractivity contribution in [2.24, 2.45) is 0 Å². The molecular formula is C12H14O5. The number of esters is 1. The molecule has 0 aromatic carbocycles. The first-order valence-corrected chi connectivity index (χ1v) is 5.07. The first-order chi connectivity index (χ1) is 7.69. The number of rotatable bonds is 2. The normalized spacial score (nSPS) is 24.5. The van der Waals surface area contributed by atoms with Crippen LogP contribution in [0.15, 0.2) is 23.0 Å². The van der Waals surface area contributed by atoms with Crippen molar-refractivity contribution in [1.29, 1.82) is 0 Å². The molecule has 0 saturated carbocycles. The average molecular weight is 238 g/mol. The summed E-state index contributed by atoms with van der Waals surface area (Å²) in [7, 11) is 0. The van der Waals surface area contributed by atoms with Gasteiger partial charge in [-0.25, -0.2) is 0 Å². The summed E-state index contributed by atoms with van der Waals surface area (Å²) in [5.41, 5.74) is -1.52. The van der Waals surface area contributed by atoms with E-state index in [0.29, 0.717) is 0 Å². The van der Waals surface area contributed by atoms with Gasteiger partial charge in [0.15, 0.2) is 11.4 Å². The van der Waals surface area contributed by atoms with E-state index in [4.69, 9.17) is 4.74 Å². The zero-order valence-corrected chi connectivity index (χ0v) is 10.2. The molecule has 5 heteroatoms. The van der Waals surface area contributed by atoms with Gasteiger partial charge in [-0.15, -0.1) is 0 Å². The lowest BCUT2D eigenvalue weighted by molar-refractivity contribution is -0.157. The maximum atomic E-state index is 11.9. The van der Waals surface area contributed by atoms with Crippen LogP contribution in [0.2, 0.25) is 0 Å². The number of ketones is 2. The summed E-state index contributed by atoms with van der Waals surface area (Å²) in [6, 6.07) is 0. The molecule has 0 aromatic heterocycles. The minimum absolute atomic E-state index is 0.00847. The van der Waals surface area contributed by atoms with E-state index in [9.17, 15) is 19.5 Å². The Kier molecular flexibility index (Phi) is 3.22. The van der Waals surface area contributed by atoms with E-state index in [-0.39, 0.29) is 16.9 Å². The Bertz CT molecular complexity index is 469. The van der Waals surface area contributed by atoms with Gasteiger partial charge in [0, 0.05) is 12.5 Å². The lowest BCUT2D eigenvalue weighted by atomic mass is 9.84. The fourth-order valence-corrected chi connectivity index (χ4v) is 1.73. The SMILES string of the molecule is CC(=O)OC1(C)C=C(C(C)=O)C(O)=C(C)C1=O. The fourth-order valence-electron chi connectivity index (χ4n) is 1.73. The molecule has 1 atom stereocenters. The van der Waals surface area contributed by atoms with Crippen LogP contribution in [0.5, 0.6) is 0 Å². The molecule has 1 aliphatic rings. The molecule has 1 N–H and O–H groups in total. The van der Waals surface area contributed by atoms with Crippen molar-refractivity contribution in [2.45, 2.75) is 33.3 Å². The number of carbonyl (C=O) groups excluding carboxylic acids is 3. The molecule has 17 heavy (non-hydrogen) atoms. The number of hydrogen-bond acceptors (Lipinski definition) is 5. The van der Waals surface area contributed by atoms with Gasteiger partial charge in [-0.1, -0.05) is 0 Å². The van der Waals surface area contributed by atoms with E-state index in [1.807, 2.05) is 0 Å². The van der Waals surface area contributed by atoms with Crippen LogP contribution in [0.25, 0.3) is 0 Å². The van der Waals surface area contributed by atoms with Crippen LogP contribution in [0, 0.1) is 0 Å².